The predicted octanol–water partition coefficient (Wildman–Crippen LogP) is 3.49. The molecule has 7 nitrogen and oxygen atoms in total. The lowest BCUT2D eigenvalue weighted by Crippen LogP contribution is -2.37. The molecule has 0 aliphatic carbocycles. The topological polar surface area (TPSA) is 86.8 Å². The molecule has 0 bridgehead atoms. The number of hydrogen-bond donors (Lipinski definition) is 1. The summed E-state index contributed by atoms with van der Waals surface area (Å²) in [4.78, 5) is 27.4. The number of thiophene rings is 1. The fourth-order valence-corrected chi connectivity index (χ4v) is 7.14. The zero-order valence-electron chi connectivity index (χ0n) is 17.8. The van der Waals surface area contributed by atoms with E-state index >= 15 is 0 Å². The van der Waals surface area contributed by atoms with Crippen molar-refractivity contribution in [2.75, 3.05) is 24.5 Å². The van der Waals surface area contributed by atoms with E-state index in [1.54, 1.807) is 45.6 Å². The van der Waals surface area contributed by atoms with Crippen LogP contribution in [0.4, 0.5) is 5.69 Å². The van der Waals surface area contributed by atoms with Crippen molar-refractivity contribution < 1.29 is 18.0 Å². The van der Waals surface area contributed by atoms with Crippen molar-refractivity contribution in [3.8, 4) is 0 Å². The third-order valence-corrected chi connectivity index (χ3v) is 9.71. The number of amides is 2. The van der Waals surface area contributed by atoms with E-state index < -0.39 is 15.9 Å². The zero-order valence-corrected chi connectivity index (χ0v) is 20.2. The molecular formula is C22H26ClN3O4S2. The second kappa shape index (κ2) is 9.51. The van der Waals surface area contributed by atoms with Gasteiger partial charge >= 0.3 is 0 Å². The first kappa shape index (κ1) is 23.2. The second-order valence-electron chi connectivity index (χ2n) is 8.41. The molecule has 1 aromatic carbocycles. The standard InChI is InChI=1S/C22H26ClN3O4S2/c1-15-7-9-25(10-8-15)32(29,30)21-6-5-19(31-21)13-24-22(28)16-11-20(27)26(14-16)18-4-2-3-17(23)12-18/h2-6,12,15-16H,7-11,13-14H2,1H3,(H,24,28)/t16-/m0/s1. The van der Waals surface area contributed by atoms with Crippen LogP contribution in [0.2, 0.25) is 5.02 Å². The Morgan fingerprint density at radius 2 is 1.97 bits per heavy atom. The summed E-state index contributed by atoms with van der Waals surface area (Å²) in [5.74, 6) is -0.244. The highest BCUT2D eigenvalue weighted by molar-refractivity contribution is 7.91. The first-order valence-electron chi connectivity index (χ1n) is 10.7. The monoisotopic (exact) mass is 495 g/mol. The van der Waals surface area contributed by atoms with Gasteiger partial charge in [-0.2, -0.15) is 4.31 Å². The van der Waals surface area contributed by atoms with Crippen LogP contribution in [-0.2, 0) is 26.2 Å². The van der Waals surface area contributed by atoms with Crippen molar-refractivity contribution in [3.05, 3.63) is 46.3 Å². The number of piperidine rings is 1. The third-order valence-electron chi connectivity index (χ3n) is 6.03. The van der Waals surface area contributed by atoms with Gasteiger partial charge in [-0.1, -0.05) is 24.6 Å². The van der Waals surface area contributed by atoms with Gasteiger partial charge < -0.3 is 10.2 Å². The largest absolute Gasteiger partial charge is 0.351 e. The molecule has 2 saturated heterocycles. The lowest BCUT2D eigenvalue weighted by atomic mass is 10.0. The van der Waals surface area contributed by atoms with E-state index in [0.29, 0.717) is 40.5 Å². The van der Waals surface area contributed by atoms with Crippen molar-refractivity contribution in [2.45, 2.75) is 36.9 Å². The first-order chi connectivity index (χ1) is 15.2. The average molecular weight is 496 g/mol. The highest BCUT2D eigenvalue weighted by Crippen LogP contribution is 2.29. The van der Waals surface area contributed by atoms with E-state index in [1.807, 2.05) is 0 Å². The zero-order chi connectivity index (χ0) is 22.9. The molecule has 2 aliphatic rings. The Bertz CT molecular complexity index is 1110. The van der Waals surface area contributed by atoms with E-state index in [1.165, 1.54) is 11.3 Å². The van der Waals surface area contributed by atoms with E-state index in [4.69, 9.17) is 11.6 Å². The quantitative estimate of drug-likeness (QED) is 0.664. The summed E-state index contributed by atoms with van der Waals surface area (Å²) in [7, 11) is -3.49. The second-order valence-corrected chi connectivity index (χ2v) is 12.2. The Morgan fingerprint density at radius 3 is 2.69 bits per heavy atom. The number of carbonyl (C=O) groups excluding carboxylic acids is 2. The van der Waals surface area contributed by atoms with Crippen molar-refractivity contribution in [1.82, 2.24) is 9.62 Å². The van der Waals surface area contributed by atoms with Gasteiger partial charge in [0.2, 0.25) is 11.8 Å². The number of sulfonamides is 1. The van der Waals surface area contributed by atoms with Crippen LogP contribution in [-0.4, -0.2) is 44.2 Å². The molecule has 0 saturated carbocycles. The van der Waals surface area contributed by atoms with Crippen LogP contribution in [0, 0.1) is 11.8 Å². The van der Waals surface area contributed by atoms with Gasteiger partial charge in [0.1, 0.15) is 4.21 Å². The molecule has 2 aliphatic heterocycles. The lowest BCUT2D eigenvalue weighted by Gasteiger charge is -2.28. The van der Waals surface area contributed by atoms with E-state index in [0.717, 1.165) is 17.7 Å². The summed E-state index contributed by atoms with van der Waals surface area (Å²) >= 11 is 7.20. The van der Waals surface area contributed by atoms with Crippen LogP contribution in [0.5, 0.6) is 0 Å². The van der Waals surface area contributed by atoms with Crippen LogP contribution in [0.3, 0.4) is 0 Å². The lowest BCUT2D eigenvalue weighted by molar-refractivity contribution is -0.126. The number of nitrogens with one attached hydrogen (secondary N) is 1. The molecule has 1 N–H and O–H groups in total. The summed E-state index contributed by atoms with van der Waals surface area (Å²) in [5, 5.41) is 3.39. The van der Waals surface area contributed by atoms with Gasteiger partial charge in [0.25, 0.3) is 10.0 Å². The van der Waals surface area contributed by atoms with Crippen LogP contribution in [0.25, 0.3) is 0 Å². The number of hydrogen-bond acceptors (Lipinski definition) is 5. The molecule has 0 radical (unpaired) electrons. The molecule has 2 fully saturated rings. The highest BCUT2D eigenvalue weighted by Gasteiger charge is 2.35. The Labute approximate surface area is 197 Å². The summed E-state index contributed by atoms with van der Waals surface area (Å²) in [6, 6.07) is 10.3. The van der Waals surface area contributed by atoms with Crippen molar-refractivity contribution in [2.24, 2.45) is 11.8 Å². The van der Waals surface area contributed by atoms with Crippen LogP contribution in [0.15, 0.2) is 40.6 Å². The summed E-state index contributed by atoms with van der Waals surface area (Å²) in [6.45, 7) is 3.76. The van der Waals surface area contributed by atoms with Crippen molar-refractivity contribution in [1.29, 1.82) is 0 Å². The molecule has 1 atom stereocenters. The highest BCUT2D eigenvalue weighted by atomic mass is 35.5. The Morgan fingerprint density at radius 1 is 1.22 bits per heavy atom. The van der Waals surface area contributed by atoms with E-state index in [-0.39, 0.29) is 24.8 Å². The van der Waals surface area contributed by atoms with Crippen molar-refractivity contribution in [3.63, 3.8) is 0 Å². The normalized spacial score (nSPS) is 20.6. The molecule has 0 spiro atoms. The molecular weight excluding hydrogens is 470 g/mol. The van der Waals surface area contributed by atoms with Gasteiger partial charge in [-0.25, -0.2) is 8.42 Å². The van der Waals surface area contributed by atoms with Gasteiger partial charge in [-0.3, -0.25) is 9.59 Å². The third kappa shape index (κ3) is 5.01. The minimum atomic E-state index is -3.49. The van der Waals surface area contributed by atoms with Gasteiger partial charge in [0, 0.05) is 41.6 Å². The molecule has 3 heterocycles. The van der Waals surface area contributed by atoms with E-state index in [9.17, 15) is 18.0 Å². The number of carbonyl (C=O) groups is 2. The Kier molecular flexibility index (Phi) is 6.90. The summed E-state index contributed by atoms with van der Waals surface area (Å²) in [6.07, 6.45) is 1.88. The molecule has 10 heteroatoms. The summed E-state index contributed by atoms with van der Waals surface area (Å²) < 4.78 is 27.6. The first-order valence-corrected chi connectivity index (χ1v) is 13.3. The number of halogens is 1. The summed E-state index contributed by atoms with van der Waals surface area (Å²) in [5.41, 5.74) is 0.679. The molecule has 2 amide bonds. The average Bonchev–Trinajstić information content (AvgIpc) is 3.40. The fourth-order valence-electron chi connectivity index (χ4n) is 4.04. The molecule has 0 unspecified atom stereocenters. The maximum Gasteiger partial charge on any atom is 0.252 e. The maximum absolute atomic E-state index is 12.9. The minimum absolute atomic E-state index is 0.118. The number of rotatable bonds is 6. The fraction of sp³-hybridized carbons (Fsp3) is 0.455. The van der Waals surface area contributed by atoms with Gasteiger partial charge in [0.15, 0.2) is 0 Å². The van der Waals surface area contributed by atoms with Gasteiger partial charge in [-0.15, -0.1) is 11.3 Å². The smallest absolute Gasteiger partial charge is 0.252 e. The predicted molar refractivity (Wildman–Crippen MR) is 125 cm³/mol. The van der Waals surface area contributed by atoms with Gasteiger partial charge in [0.05, 0.1) is 12.5 Å². The Hall–Kier alpha value is -1.94. The van der Waals surface area contributed by atoms with Crippen molar-refractivity contribution >= 4 is 50.5 Å². The van der Waals surface area contributed by atoms with E-state index in [2.05, 4.69) is 12.2 Å². The molecule has 1 aromatic heterocycles. The van der Waals surface area contributed by atoms with Gasteiger partial charge in [-0.05, 0) is 49.1 Å². The van der Waals surface area contributed by atoms with Crippen LogP contribution >= 0.6 is 22.9 Å². The molecule has 4 rings (SSSR count). The Balaban J connectivity index is 1.34. The minimum Gasteiger partial charge on any atom is -0.351 e. The molecule has 2 aromatic rings. The number of nitrogens with zero attached hydrogens (tertiary/aromatic N) is 2. The number of anilines is 1. The molecule has 172 valence electrons. The maximum atomic E-state index is 12.9. The SMILES string of the molecule is CC1CCN(S(=O)(=O)c2ccc(CNC(=O)[C@H]3CC(=O)N(c4cccc(Cl)c4)C3)s2)CC1. The number of benzene rings is 1. The van der Waals surface area contributed by atoms with Crippen LogP contribution in [0.1, 0.15) is 31.1 Å². The molecule has 32 heavy (non-hydrogen) atoms. The van der Waals surface area contributed by atoms with Crippen LogP contribution < -0.4 is 10.2 Å².